The van der Waals surface area contributed by atoms with Crippen molar-refractivity contribution in [2.75, 3.05) is 7.11 Å². The Hall–Kier alpha value is -2.17. The largest absolute Gasteiger partial charge is 0.469 e. The van der Waals surface area contributed by atoms with Gasteiger partial charge >= 0.3 is 5.97 Å². The van der Waals surface area contributed by atoms with E-state index in [-0.39, 0.29) is 18.2 Å². The molecule has 1 aromatic rings. The number of aromatic nitrogens is 2. The molecule has 0 unspecified atom stereocenters. The average molecular weight is 264 g/mol. The van der Waals surface area contributed by atoms with E-state index in [0.717, 1.165) is 5.57 Å². The van der Waals surface area contributed by atoms with Gasteiger partial charge in [-0.25, -0.2) is 9.37 Å². The second kappa shape index (κ2) is 7.31. The van der Waals surface area contributed by atoms with E-state index in [9.17, 15) is 9.18 Å². The molecule has 4 nitrogen and oxygen atoms in total. The van der Waals surface area contributed by atoms with Crippen molar-refractivity contribution in [3.05, 3.63) is 54.4 Å². The lowest BCUT2D eigenvalue weighted by molar-refractivity contribution is -0.139. The molecule has 5 heteroatoms. The molecule has 0 aliphatic carbocycles. The zero-order valence-corrected chi connectivity index (χ0v) is 11.1. The summed E-state index contributed by atoms with van der Waals surface area (Å²) < 4.78 is 19.3. The van der Waals surface area contributed by atoms with Crippen LogP contribution in [0.15, 0.2) is 48.7 Å². The van der Waals surface area contributed by atoms with Crippen LogP contribution in [0.2, 0.25) is 0 Å². The molecular formula is C14H17FN2O2. The highest BCUT2D eigenvalue weighted by Crippen LogP contribution is 2.10. The van der Waals surface area contributed by atoms with Crippen LogP contribution >= 0.6 is 0 Å². The highest BCUT2D eigenvalue weighted by Gasteiger charge is 2.09. The Morgan fingerprint density at radius 1 is 1.63 bits per heavy atom. The van der Waals surface area contributed by atoms with Crippen LogP contribution in [0.4, 0.5) is 4.39 Å². The van der Waals surface area contributed by atoms with Crippen LogP contribution in [0, 0.1) is 0 Å². The summed E-state index contributed by atoms with van der Waals surface area (Å²) in [6.07, 6.45) is 8.04. The number of carbonyl (C=O) groups is 1. The molecule has 1 heterocycles. The molecular weight excluding hydrogens is 247 g/mol. The molecule has 0 saturated carbocycles. The van der Waals surface area contributed by atoms with E-state index in [2.05, 4.69) is 16.3 Å². The lowest BCUT2D eigenvalue weighted by atomic mass is 10.2. The van der Waals surface area contributed by atoms with E-state index >= 15 is 0 Å². The van der Waals surface area contributed by atoms with Crippen molar-refractivity contribution >= 4 is 5.97 Å². The van der Waals surface area contributed by atoms with Crippen LogP contribution in [0.1, 0.15) is 12.6 Å². The van der Waals surface area contributed by atoms with Gasteiger partial charge in [0.15, 0.2) is 0 Å². The van der Waals surface area contributed by atoms with Crippen LogP contribution in [0.5, 0.6) is 0 Å². The zero-order valence-electron chi connectivity index (χ0n) is 11.1. The van der Waals surface area contributed by atoms with E-state index in [1.807, 2.05) is 0 Å². The third-order valence-electron chi connectivity index (χ3n) is 2.42. The number of allylic oxidation sites excluding steroid dienone is 5. The molecule has 0 fully saturated rings. The normalized spacial score (nSPS) is 12.4. The smallest absolute Gasteiger partial charge is 0.311 e. The van der Waals surface area contributed by atoms with Gasteiger partial charge in [-0.15, -0.1) is 0 Å². The van der Waals surface area contributed by atoms with Crippen LogP contribution in [0.25, 0.3) is 0 Å². The molecule has 1 aromatic heterocycles. The van der Waals surface area contributed by atoms with Gasteiger partial charge in [-0.3, -0.25) is 4.79 Å². The number of halogens is 1. The van der Waals surface area contributed by atoms with E-state index in [0.29, 0.717) is 12.2 Å². The fraction of sp³-hybridized carbons (Fsp3) is 0.286. The summed E-state index contributed by atoms with van der Waals surface area (Å²) in [6, 6.07) is 0. The van der Waals surface area contributed by atoms with Gasteiger partial charge in [-0.1, -0.05) is 18.7 Å². The number of nitrogens with zero attached hydrogens (tertiary/aromatic N) is 2. The zero-order chi connectivity index (χ0) is 14.3. The van der Waals surface area contributed by atoms with Crippen LogP contribution in [-0.2, 0) is 22.5 Å². The summed E-state index contributed by atoms with van der Waals surface area (Å²) in [4.78, 5) is 15.2. The number of methoxy groups -OCH3 is 1. The van der Waals surface area contributed by atoms with E-state index < -0.39 is 0 Å². The Bertz CT molecular complexity index is 511. The first-order valence-corrected chi connectivity index (χ1v) is 5.78. The molecule has 0 aliphatic heterocycles. The van der Waals surface area contributed by atoms with E-state index in [1.165, 1.54) is 20.1 Å². The highest BCUT2D eigenvalue weighted by atomic mass is 19.1. The van der Waals surface area contributed by atoms with Crippen molar-refractivity contribution in [3.8, 4) is 0 Å². The van der Waals surface area contributed by atoms with Crippen molar-refractivity contribution < 1.29 is 13.9 Å². The lowest BCUT2D eigenvalue weighted by Crippen LogP contribution is -2.10. The number of hydrogen-bond acceptors (Lipinski definition) is 3. The lowest BCUT2D eigenvalue weighted by Gasteiger charge is -2.08. The number of hydrogen-bond donors (Lipinski definition) is 0. The van der Waals surface area contributed by atoms with Gasteiger partial charge in [0.1, 0.15) is 0 Å². The van der Waals surface area contributed by atoms with Crippen LogP contribution in [-0.4, -0.2) is 22.6 Å². The standard InChI is InChI=1S/C14H17FN2O2/c1-4-5-12(6-11(2)15)9-17-10-16-8-13(17)7-14(18)19-3/h4-6,8,10H,1,7,9H2,2-3H3/b11-6+,12-5+. The third-order valence-corrected chi connectivity index (χ3v) is 2.42. The van der Waals surface area contributed by atoms with Gasteiger partial charge in [-0.2, -0.15) is 0 Å². The highest BCUT2D eigenvalue weighted by molar-refractivity contribution is 5.71. The van der Waals surface area contributed by atoms with Crippen molar-refractivity contribution in [2.45, 2.75) is 19.9 Å². The minimum absolute atomic E-state index is 0.135. The molecule has 0 amide bonds. The predicted molar refractivity (Wildman–Crippen MR) is 71.1 cm³/mol. The topological polar surface area (TPSA) is 44.1 Å². The van der Waals surface area contributed by atoms with Gasteiger partial charge in [-0.05, 0) is 18.6 Å². The fourth-order valence-corrected chi connectivity index (χ4v) is 1.61. The quantitative estimate of drug-likeness (QED) is 0.586. The maximum Gasteiger partial charge on any atom is 0.311 e. The predicted octanol–water partition coefficient (Wildman–Crippen LogP) is 2.58. The second-order valence-electron chi connectivity index (χ2n) is 3.97. The fourth-order valence-electron chi connectivity index (χ4n) is 1.61. The van der Waals surface area contributed by atoms with Crippen molar-refractivity contribution in [1.29, 1.82) is 0 Å². The summed E-state index contributed by atoms with van der Waals surface area (Å²) >= 11 is 0. The second-order valence-corrected chi connectivity index (χ2v) is 3.97. The molecule has 102 valence electrons. The summed E-state index contributed by atoms with van der Waals surface area (Å²) in [5.41, 5.74) is 1.45. The minimum Gasteiger partial charge on any atom is -0.469 e. The number of esters is 1. The number of carbonyl (C=O) groups excluding carboxylic acids is 1. The van der Waals surface area contributed by atoms with Crippen molar-refractivity contribution in [1.82, 2.24) is 9.55 Å². The molecule has 0 spiro atoms. The number of imidazole rings is 1. The number of rotatable bonds is 6. The van der Waals surface area contributed by atoms with E-state index in [1.54, 1.807) is 29.2 Å². The summed E-state index contributed by atoms with van der Waals surface area (Å²) in [5, 5.41) is 0. The third kappa shape index (κ3) is 4.91. The van der Waals surface area contributed by atoms with E-state index in [4.69, 9.17) is 0 Å². The Kier molecular flexibility index (Phi) is 5.73. The van der Waals surface area contributed by atoms with Crippen LogP contribution < -0.4 is 0 Å². The van der Waals surface area contributed by atoms with Gasteiger partial charge in [0.05, 0.1) is 25.7 Å². The monoisotopic (exact) mass is 264 g/mol. The Balaban J connectivity index is 2.89. The van der Waals surface area contributed by atoms with Gasteiger partial charge in [0.2, 0.25) is 0 Å². The van der Waals surface area contributed by atoms with Crippen molar-refractivity contribution in [3.63, 3.8) is 0 Å². The average Bonchev–Trinajstić information content (AvgIpc) is 2.76. The molecule has 0 aromatic carbocycles. The molecule has 0 saturated heterocycles. The molecule has 0 atom stereocenters. The van der Waals surface area contributed by atoms with Crippen molar-refractivity contribution in [2.24, 2.45) is 0 Å². The maximum absolute atomic E-state index is 13.0. The first kappa shape index (κ1) is 14.9. The number of ether oxygens (including phenoxy) is 1. The molecule has 0 bridgehead atoms. The molecule has 0 aliphatic rings. The maximum atomic E-state index is 13.0. The summed E-state index contributed by atoms with van der Waals surface area (Å²) in [5.74, 6) is -0.629. The summed E-state index contributed by atoms with van der Waals surface area (Å²) in [6.45, 7) is 5.39. The SMILES string of the molecule is C=C/C=C(\C=C(/C)F)Cn1cncc1CC(=O)OC. The van der Waals surface area contributed by atoms with Gasteiger partial charge in [0, 0.05) is 18.4 Å². The first-order valence-electron chi connectivity index (χ1n) is 5.78. The minimum atomic E-state index is -0.340. The van der Waals surface area contributed by atoms with Gasteiger partial charge < -0.3 is 9.30 Å². The molecule has 1 rings (SSSR count). The van der Waals surface area contributed by atoms with Crippen LogP contribution in [0.3, 0.4) is 0 Å². The Labute approximate surface area is 111 Å². The molecule has 19 heavy (non-hydrogen) atoms. The Morgan fingerprint density at radius 2 is 2.37 bits per heavy atom. The molecule has 0 N–H and O–H groups in total. The van der Waals surface area contributed by atoms with Gasteiger partial charge in [0.25, 0.3) is 0 Å². The first-order chi connectivity index (χ1) is 9.06. The summed E-state index contributed by atoms with van der Waals surface area (Å²) in [7, 11) is 1.33. The Morgan fingerprint density at radius 3 is 2.95 bits per heavy atom. The molecule has 0 radical (unpaired) electrons.